The Morgan fingerprint density at radius 1 is 1.12 bits per heavy atom. The van der Waals surface area contributed by atoms with Gasteiger partial charge in [-0.05, 0) is 82.1 Å². The van der Waals surface area contributed by atoms with E-state index < -0.39 is 0 Å². The lowest BCUT2D eigenvalue weighted by Crippen LogP contribution is -2.29. The summed E-state index contributed by atoms with van der Waals surface area (Å²) in [5.74, 6) is 2.05. The van der Waals surface area contributed by atoms with Gasteiger partial charge < -0.3 is 15.5 Å². The van der Waals surface area contributed by atoms with Crippen molar-refractivity contribution in [2.45, 2.75) is 45.2 Å². The third-order valence-corrected chi connectivity index (χ3v) is 6.70. The number of carbonyl (C=O) groups is 1. The maximum absolute atomic E-state index is 12.0. The van der Waals surface area contributed by atoms with E-state index in [-0.39, 0.29) is 11.9 Å². The minimum absolute atomic E-state index is 0.0123. The number of aryl methyl sites for hydroxylation is 1. The van der Waals surface area contributed by atoms with Crippen LogP contribution in [0.5, 0.6) is 0 Å². The van der Waals surface area contributed by atoms with Gasteiger partial charge in [-0.3, -0.25) is 4.79 Å². The van der Waals surface area contributed by atoms with Gasteiger partial charge in [-0.1, -0.05) is 24.3 Å². The molecule has 1 atom stereocenters. The number of aromatic nitrogens is 3. The van der Waals surface area contributed by atoms with Crippen molar-refractivity contribution in [2.24, 2.45) is 0 Å². The Bertz CT molecular complexity index is 1130. The smallest absolute Gasteiger partial charge is 0.252 e. The molecule has 2 aromatic carbocycles. The summed E-state index contributed by atoms with van der Waals surface area (Å²) in [5.41, 5.74) is 5.08. The van der Waals surface area contributed by atoms with Crippen molar-refractivity contribution in [3.8, 4) is 11.4 Å². The lowest BCUT2D eigenvalue weighted by Gasteiger charge is -2.29. The molecule has 7 heteroatoms. The van der Waals surface area contributed by atoms with Crippen LogP contribution in [0.25, 0.3) is 11.4 Å². The number of benzene rings is 2. The first-order chi connectivity index (χ1) is 15.5. The molecule has 2 aliphatic rings. The van der Waals surface area contributed by atoms with Gasteiger partial charge in [0.1, 0.15) is 0 Å². The molecule has 1 aromatic heterocycles. The molecule has 3 heterocycles. The first-order valence-electron chi connectivity index (χ1n) is 11.5. The van der Waals surface area contributed by atoms with Crippen LogP contribution in [0.1, 0.15) is 60.1 Å². The van der Waals surface area contributed by atoms with E-state index in [0.717, 1.165) is 41.3 Å². The molecule has 1 fully saturated rings. The molecule has 5 rings (SSSR count). The fourth-order valence-electron chi connectivity index (χ4n) is 4.71. The van der Waals surface area contributed by atoms with E-state index in [1.165, 1.54) is 18.4 Å². The highest BCUT2D eigenvalue weighted by Gasteiger charge is 2.25. The number of nitrogens with one attached hydrogen (secondary N) is 2. The van der Waals surface area contributed by atoms with Crippen LogP contribution in [-0.2, 0) is 6.54 Å². The molecule has 166 valence electrons. The second-order valence-electron chi connectivity index (χ2n) is 8.90. The van der Waals surface area contributed by atoms with Crippen LogP contribution >= 0.6 is 0 Å². The van der Waals surface area contributed by atoms with Crippen LogP contribution in [0.3, 0.4) is 0 Å². The van der Waals surface area contributed by atoms with Crippen LogP contribution in [0, 0.1) is 0 Å². The molecule has 1 saturated heterocycles. The van der Waals surface area contributed by atoms with E-state index in [1.54, 1.807) is 0 Å². The number of fused-ring (bicyclic) bond motifs is 1. The van der Waals surface area contributed by atoms with Crippen molar-refractivity contribution >= 4 is 17.5 Å². The number of rotatable bonds is 5. The Kier molecular flexibility index (Phi) is 5.43. The average molecular weight is 431 g/mol. The van der Waals surface area contributed by atoms with E-state index >= 15 is 0 Å². The first-order valence-corrected chi connectivity index (χ1v) is 11.5. The van der Waals surface area contributed by atoms with Crippen LogP contribution < -0.4 is 10.6 Å². The second-order valence-corrected chi connectivity index (χ2v) is 8.90. The Labute approximate surface area is 188 Å². The number of anilines is 2. The van der Waals surface area contributed by atoms with Crippen molar-refractivity contribution < 1.29 is 4.79 Å². The zero-order valence-corrected chi connectivity index (χ0v) is 18.9. The Morgan fingerprint density at radius 3 is 2.59 bits per heavy atom. The average Bonchev–Trinajstić information content (AvgIpc) is 3.34. The normalized spacial score (nSPS) is 19.1. The molecule has 0 radical (unpaired) electrons. The molecular weight excluding hydrogens is 400 g/mol. The maximum Gasteiger partial charge on any atom is 0.252 e. The molecule has 0 saturated carbocycles. The third kappa shape index (κ3) is 3.88. The summed E-state index contributed by atoms with van der Waals surface area (Å²) in [6.07, 6.45) is 2.43. The number of amides is 1. The number of hydrogen-bond acceptors (Lipinski definition) is 5. The lowest BCUT2D eigenvalue weighted by atomic mass is 9.89. The number of hydrogen-bond donors (Lipinski definition) is 2. The number of nitrogens with zero attached hydrogens (tertiary/aromatic N) is 4. The van der Waals surface area contributed by atoms with Gasteiger partial charge in [0, 0.05) is 23.4 Å². The van der Waals surface area contributed by atoms with Crippen molar-refractivity contribution in [2.75, 3.05) is 25.5 Å². The molecule has 2 N–H and O–H groups in total. The van der Waals surface area contributed by atoms with Gasteiger partial charge in [0.05, 0.1) is 6.04 Å². The van der Waals surface area contributed by atoms with Crippen molar-refractivity contribution in [3.63, 3.8) is 0 Å². The summed E-state index contributed by atoms with van der Waals surface area (Å²) in [6.45, 7) is 7.09. The fourth-order valence-corrected chi connectivity index (χ4v) is 4.71. The molecule has 0 spiro atoms. The molecule has 3 aromatic rings. The molecule has 1 unspecified atom stereocenters. The van der Waals surface area contributed by atoms with Gasteiger partial charge in [-0.2, -0.15) is 4.98 Å². The standard InChI is InChI=1S/C25H30N6O/c1-4-31-25(27-20-9-10-21-22(15-20)16(2)26-24(21)32)28-23(29-31)19-7-5-17(6-8-19)18-11-13-30(3)14-12-18/h5-10,15-16,18H,4,11-14H2,1-3H3,(H,26,32)(H,27,28,29). The van der Waals surface area contributed by atoms with E-state index in [1.807, 2.05) is 29.8 Å². The predicted molar refractivity (Wildman–Crippen MR) is 126 cm³/mol. The quantitative estimate of drug-likeness (QED) is 0.630. The van der Waals surface area contributed by atoms with E-state index in [4.69, 9.17) is 10.1 Å². The molecule has 32 heavy (non-hydrogen) atoms. The number of carbonyl (C=O) groups excluding carboxylic acids is 1. The highest BCUT2D eigenvalue weighted by Crippen LogP contribution is 2.31. The lowest BCUT2D eigenvalue weighted by molar-refractivity contribution is 0.0958. The summed E-state index contributed by atoms with van der Waals surface area (Å²) >= 11 is 0. The first kappa shape index (κ1) is 20.7. The maximum atomic E-state index is 12.0. The highest BCUT2D eigenvalue weighted by molar-refractivity contribution is 5.99. The van der Waals surface area contributed by atoms with Crippen molar-refractivity contribution in [3.05, 3.63) is 59.2 Å². The van der Waals surface area contributed by atoms with E-state index in [2.05, 4.69) is 53.8 Å². The van der Waals surface area contributed by atoms with E-state index in [0.29, 0.717) is 18.4 Å². The predicted octanol–water partition coefficient (Wildman–Crippen LogP) is 4.32. The van der Waals surface area contributed by atoms with Gasteiger partial charge in [0.2, 0.25) is 5.95 Å². The Hall–Kier alpha value is -3.19. The summed E-state index contributed by atoms with van der Waals surface area (Å²) < 4.78 is 1.88. The number of likely N-dealkylation sites (tertiary alicyclic amines) is 1. The molecule has 0 bridgehead atoms. The fraction of sp³-hybridized carbons (Fsp3) is 0.400. The minimum atomic E-state index is -0.0123. The van der Waals surface area contributed by atoms with Crippen LogP contribution in [-0.4, -0.2) is 45.7 Å². The molecule has 1 amide bonds. The summed E-state index contributed by atoms with van der Waals surface area (Å²) in [6, 6.07) is 14.6. The zero-order valence-electron chi connectivity index (χ0n) is 18.9. The third-order valence-electron chi connectivity index (χ3n) is 6.70. The summed E-state index contributed by atoms with van der Waals surface area (Å²) in [5, 5.41) is 11.1. The van der Waals surface area contributed by atoms with Crippen molar-refractivity contribution in [1.82, 2.24) is 25.0 Å². The molecule has 0 aliphatic carbocycles. The Balaban J connectivity index is 1.36. The molecular formula is C25H30N6O. The van der Waals surface area contributed by atoms with Crippen molar-refractivity contribution in [1.29, 1.82) is 0 Å². The van der Waals surface area contributed by atoms with Gasteiger partial charge >= 0.3 is 0 Å². The van der Waals surface area contributed by atoms with Crippen LogP contribution in [0.2, 0.25) is 0 Å². The summed E-state index contributed by atoms with van der Waals surface area (Å²) in [7, 11) is 2.19. The largest absolute Gasteiger partial charge is 0.345 e. The van der Waals surface area contributed by atoms with Gasteiger partial charge in [0.15, 0.2) is 5.82 Å². The molecule has 7 nitrogen and oxygen atoms in total. The minimum Gasteiger partial charge on any atom is -0.345 e. The topological polar surface area (TPSA) is 75.1 Å². The second kappa shape index (κ2) is 8.39. The highest BCUT2D eigenvalue weighted by atomic mass is 16.2. The van der Waals surface area contributed by atoms with E-state index in [9.17, 15) is 4.79 Å². The monoisotopic (exact) mass is 430 g/mol. The van der Waals surface area contributed by atoms with Gasteiger partial charge in [-0.25, -0.2) is 4.68 Å². The van der Waals surface area contributed by atoms with Gasteiger partial charge in [-0.15, -0.1) is 5.10 Å². The van der Waals surface area contributed by atoms with Gasteiger partial charge in [0.25, 0.3) is 5.91 Å². The number of piperidine rings is 1. The molecule has 2 aliphatic heterocycles. The SMILES string of the molecule is CCn1nc(-c2ccc(C3CCN(C)CC3)cc2)nc1Nc1ccc2c(c1)C(C)NC2=O. The zero-order chi connectivity index (χ0) is 22.2. The summed E-state index contributed by atoms with van der Waals surface area (Å²) in [4.78, 5) is 19.2. The van der Waals surface area contributed by atoms with Crippen LogP contribution in [0.4, 0.5) is 11.6 Å². The Morgan fingerprint density at radius 2 is 1.88 bits per heavy atom. The van der Waals surface area contributed by atoms with Crippen LogP contribution in [0.15, 0.2) is 42.5 Å².